The number of nitrogens with zero attached hydrogens (tertiary/aromatic N) is 5. The third-order valence-electron chi connectivity index (χ3n) is 5.69. The molecule has 11 heteroatoms. The molecule has 0 unspecified atom stereocenters. The fourth-order valence-electron chi connectivity index (χ4n) is 4.31. The molecule has 31 heavy (non-hydrogen) atoms. The van der Waals surface area contributed by atoms with E-state index in [1.165, 1.54) is 22.9 Å². The van der Waals surface area contributed by atoms with Crippen molar-refractivity contribution in [2.75, 3.05) is 23.0 Å². The van der Waals surface area contributed by atoms with Gasteiger partial charge in [-0.3, -0.25) is 9.36 Å². The first kappa shape index (κ1) is 21.9. The largest absolute Gasteiger partial charge is 0.408 e. The van der Waals surface area contributed by atoms with Crippen LogP contribution in [-0.2, 0) is 17.8 Å². The second kappa shape index (κ2) is 8.31. The van der Waals surface area contributed by atoms with E-state index < -0.39 is 12.2 Å². The van der Waals surface area contributed by atoms with Crippen molar-refractivity contribution in [2.24, 2.45) is 0 Å². The maximum Gasteiger partial charge on any atom is 0.408 e. The van der Waals surface area contributed by atoms with Crippen LogP contribution < -0.4 is 15.4 Å². The van der Waals surface area contributed by atoms with E-state index in [2.05, 4.69) is 9.97 Å². The average molecular weight is 458 g/mol. The Morgan fingerprint density at radius 1 is 1.23 bits per heavy atom. The van der Waals surface area contributed by atoms with Gasteiger partial charge < -0.3 is 14.5 Å². The first-order valence-corrected chi connectivity index (χ1v) is 10.4. The molecular weight excluding hydrogens is 435 g/mol. The number of halogens is 4. The van der Waals surface area contributed by atoms with Crippen LogP contribution >= 0.6 is 11.6 Å². The lowest BCUT2D eigenvalue weighted by molar-refractivity contribution is -0.153. The molecule has 0 bridgehead atoms. The van der Waals surface area contributed by atoms with Crippen LogP contribution in [0.1, 0.15) is 25.8 Å². The SMILES string of the molecule is C[C@@H]1COC[C@@H](C)N1c1cc(=O)n2c(n1)N(Cc1ccnc(Cl)c1)[C@H](C(F)(F)F)CC2. The molecule has 1 fully saturated rings. The topological polar surface area (TPSA) is 63.5 Å². The summed E-state index contributed by atoms with van der Waals surface area (Å²) in [5.41, 5.74) is 0.180. The van der Waals surface area contributed by atoms with Gasteiger partial charge in [-0.2, -0.15) is 18.2 Å². The van der Waals surface area contributed by atoms with Crippen molar-refractivity contribution in [3.05, 3.63) is 45.5 Å². The third-order valence-corrected chi connectivity index (χ3v) is 5.89. The Morgan fingerprint density at radius 2 is 1.94 bits per heavy atom. The zero-order valence-electron chi connectivity index (χ0n) is 17.1. The molecular formula is C20H23ClF3N5O2. The number of aromatic nitrogens is 3. The van der Waals surface area contributed by atoms with Crippen molar-refractivity contribution in [1.82, 2.24) is 14.5 Å². The first-order valence-electron chi connectivity index (χ1n) is 10.1. The molecule has 0 spiro atoms. The second-order valence-electron chi connectivity index (χ2n) is 8.01. The zero-order chi connectivity index (χ0) is 22.3. The summed E-state index contributed by atoms with van der Waals surface area (Å²) in [7, 11) is 0. The molecule has 2 aliphatic heterocycles. The molecule has 2 aromatic rings. The van der Waals surface area contributed by atoms with E-state index in [1.54, 1.807) is 6.07 Å². The molecule has 0 aromatic carbocycles. The van der Waals surface area contributed by atoms with Crippen LogP contribution in [0.15, 0.2) is 29.2 Å². The van der Waals surface area contributed by atoms with Crippen LogP contribution in [0.25, 0.3) is 0 Å². The molecule has 0 aliphatic carbocycles. The Labute approximate surface area is 182 Å². The third kappa shape index (κ3) is 4.36. The van der Waals surface area contributed by atoms with Gasteiger partial charge in [0.25, 0.3) is 5.56 Å². The molecule has 168 valence electrons. The summed E-state index contributed by atoms with van der Waals surface area (Å²) < 4.78 is 48.6. The molecule has 2 aromatic heterocycles. The normalized spacial score (nSPS) is 24.3. The number of morpholine rings is 1. The number of anilines is 2. The van der Waals surface area contributed by atoms with Crippen molar-refractivity contribution in [1.29, 1.82) is 0 Å². The molecule has 2 aliphatic rings. The average Bonchev–Trinajstić information content (AvgIpc) is 2.67. The molecule has 7 nitrogen and oxygen atoms in total. The Bertz CT molecular complexity index is 1010. The van der Waals surface area contributed by atoms with E-state index in [1.807, 2.05) is 18.7 Å². The summed E-state index contributed by atoms with van der Waals surface area (Å²) in [5, 5.41) is 0.188. The van der Waals surface area contributed by atoms with Gasteiger partial charge in [-0.05, 0) is 38.0 Å². The number of ether oxygens (including phenoxy) is 1. The fourth-order valence-corrected chi connectivity index (χ4v) is 4.50. The van der Waals surface area contributed by atoms with Gasteiger partial charge in [-0.1, -0.05) is 11.6 Å². The maximum atomic E-state index is 13.9. The number of fused-ring (bicyclic) bond motifs is 1. The van der Waals surface area contributed by atoms with Crippen molar-refractivity contribution in [2.45, 2.75) is 57.7 Å². The first-order chi connectivity index (χ1) is 14.6. The van der Waals surface area contributed by atoms with Gasteiger partial charge >= 0.3 is 6.18 Å². The van der Waals surface area contributed by atoms with Crippen molar-refractivity contribution in [3.63, 3.8) is 0 Å². The van der Waals surface area contributed by atoms with Crippen LogP contribution in [0.2, 0.25) is 5.15 Å². The van der Waals surface area contributed by atoms with Gasteiger partial charge in [0, 0.05) is 25.4 Å². The van der Waals surface area contributed by atoms with E-state index in [4.69, 9.17) is 16.3 Å². The molecule has 0 amide bonds. The van der Waals surface area contributed by atoms with Gasteiger partial charge in [-0.15, -0.1) is 0 Å². The van der Waals surface area contributed by atoms with E-state index >= 15 is 0 Å². The number of rotatable bonds is 3. The van der Waals surface area contributed by atoms with Crippen molar-refractivity contribution >= 4 is 23.4 Å². The Balaban J connectivity index is 1.81. The number of hydrogen-bond donors (Lipinski definition) is 0. The minimum Gasteiger partial charge on any atom is -0.377 e. The van der Waals surface area contributed by atoms with Crippen LogP contribution in [-0.4, -0.2) is 52.1 Å². The summed E-state index contributed by atoms with van der Waals surface area (Å²) in [5.74, 6) is 0.370. The van der Waals surface area contributed by atoms with Crippen molar-refractivity contribution < 1.29 is 17.9 Å². The summed E-state index contributed by atoms with van der Waals surface area (Å²) in [4.78, 5) is 24.4. The standard InChI is InChI=1S/C20H23ClF3N5O2/c1-12-10-31-11-13(2)29(12)17-8-18(30)27-6-4-15(20(22,23)24)28(19(27)26-17)9-14-3-5-25-16(21)7-14/h3,5,7-8,12-13,15H,4,6,9-11H2,1-2H3/t12-,13-,15+/m1/s1. The molecule has 0 radical (unpaired) electrons. The van der Waals surface area contributed by atoms with E-state index in [-0.39, 0.29) is 48.3 Å². The molecule has 4 heterocycles. The highest BCUT2D eigenvalue weighted by Crippen LogP contribution is 2.36. The highest BCUT2D eigenvalue weighted by Gasteiger charge is 2.47. The lowest BCUT2D eigenvalue weighted by Gasteiger charge is -2.42. The minimum atomic E-state index is -4.48. The molecule has 0 N–H and O–H groups in total. The highest BCUT2D eigenvalue weighted by atomic mass is 35.5. The molecule has 0 saturated carbocycles. The number of pyridine rings is 1. The fraction of sp³-hybridized carbons (Fsp3) is 0.550. The summed E-state index contributed by atoms with van der Waals surface area (Å²) in [6, 6.07) is 2.63. The van der Waals surface area contributed by atoms with Crippen LogP contribution in [0.5, 0.6) is 0 Å². The van der Waals surface area contributed by atoms with E-state index in [0.29, 0.717) is 24.6 Å². The van der Waals surface area contributed by atoms with Gasteiger partial charge in [0.1, 0.15) is 17.0 Å². The predicted molar refractivity (Wildman–Crippen MR) is 111 cm³/mol. The predicted octanol–water partition coefficient (Wildman–Crippen LogP) is 3.25. The molecule has 4 rings (SSSR count). The van der Waals surface area contributed by atoms with Crippen molar-refractivity contribution in [3.8, 4) is 0 Å². The molecule has 1 saturated heterocycles. The maximum absolute atomic E-state index is 13.9. The van der Waals surface area contributed by atoms with E-state index in [0.717, 1.165) is 4.90 Å². The summed E-state index contributed by atoms with van der Waals surface area (Å²) in [6.45, 7) is 4.63. The summed E-state index contributed by atoms with van der Waals surface area (Å²) >= 11 is 5.93. The lowest BCUT2D eigenvalue weighted by Crippen LogP contribution is -2.53. The Morgan fingerprint density at radius 3 is 2.58 bits per heavy atom. The van der Waals surface area contributed by atoms with Gasteiger partial charge in [0.2, 0.25) is 5.95 Å². The van der Waals surface area contributed by atoms with Crippen LogP contribution in [0, 0.1) is 0 Å². The van der Waals surface area contributed by atoms with E-state index in [9.17, 15) is 18.0 Å². The van der Waals surface area contributed by atoms with Crippen LogP contribution in [0.3, 0.4) is 0 Å². The van der Waals surface area contributed by atoms with Gasteiger partial charge in [0.15, 0.2) is 0 Å². The second-order valence-corrected chi connectivity index (χ2v) is 8.40. The monoisotopic (exact) mass is 457 g/mol. The smallest absolute Gasteiger partial charge is 0.377 e. The van der Waals surface area contributed by atoms with Gasteiger partial charge in [0.05, 0.1) is 25.3 Å². The number of alkyl halides is 3. The highest BCUT2D eigenvalue weighted by molar-refractivity contribution is 6.29. The minimum absolute atomic E-state index is 0.00917. The van der Waals surface area contributed by atoms with Gasteiger partial charge in [-0.25, -0.2) is 4.98 Å². The number of hydrogen-bond acceptors (Lipinski definition) is 6. The molecule has 3 atom stereocenters. The zero-order valence-corrected chi connectivity index (χ0v) is 17.9. The quantitative estimate of drug-likeness (QED) is 0.659. The Hall–Kier alpha value is -2.33. The summed E-state index contributed by atoms with van der Waals surface area (Å²) in [6.07, 6.45) is -3.27. The Kier molecular flexibility index (Phi) is 5.87. The lowest BCUT2D eigenvalue weighted by atomic mass is 10.1. The van der Waals surface area contributed by atoms with Crippen LogP contribution in [0.4, 0.5) is 24.9 Å².